The molecule has 2 amide bonds. The number of morpholine rings is 1. The molecule has 1 aliphatic rings. The lowest BCUT2D eigenvalue weighted by Crippen LogP contribution is -2.40. The molecular weight excluding hydrogens is 332 g/mol. The third kappa shape index (κ3) is 4.40. The molecule has 1 saturated heterocycles. The number of hydrogen-bond donors (Lipinski definition) is 1. The molecule has 0 bridgehead atoms. The summed E-state index contributed by atoms with van der Waals surface area (Å²) in [6.45, 7) is 4.70. The Morgan fingerprint density at radius 1 is 1.08 bits per heavy atom. The van der Waals surface area contributed by atoms with Crippen molar-refractivity contribution in [1.82, 2.24) is 4.90 Å². The number of amides is 2. The van der Waals surface area contributed by atoms with Gasteiger partial charge < -0.3 is 19.7 Å². The van der Waals surface area contributed by atoms with Crippen LogP contribution < -0.4 is 10.1 Å². The molecule has 1 fully saturated rings. The van der Waals surface area contributed by atoms with Crippen molar-refractivity contribution in [3.63, 3.8) is 0 Å². The van der Waals surface area contributed by atoms with Gasteiger partial charge in [-0.2, -0.15) is 0 Å². The number of nitrogens with one attached hydrogen (secondary N) is 1. The van der Waals surface area contributed by atoms with E-state index in [0.717, 1.165) is 0 Å². The molecule has 2 aromatic carbocycles. The number of nitrogens with zero attached hydrogens (tertiary/aromatic N) is 1. The zero-order valence-electron chi connectivity index (χ0n) is 14.7. The van der Waals surface area contributed by atoms with Crippen LogP contribution in [0.15, 0.2) is 48.5 Å². The molecule has 0 aliphatic carbocycles. The Labute approximate surface area is 152 Å². The van der Waals surface area contributed by atoms with Crippen LogP contribution in [0.4, 0.5) is 5.69 Å². The topological polar surface area (TPSA) is 67.9 Å². The van der Waals surface area contributed by atoms with Gasteiger partial charge in [-0.25, -0.2) is 0 Å². The summed E-state index contributed by atoms with van der Waals surface area (Å²) in [5.41, 5.74) is 1.63. The van der Waals surface area contributed by atoms with Crippen LogP contribution in [0.2, 0.25) is 0 Å². The number of carbonyl (C=O) groups excluding carboxylic acids is 2. The lowest BCUT2D eigenvalue weighted by Gasteiger charge is -2.27. The summed E-state index contributed by atoms with van der Waals surface area (Å²) in [6.07, 6.45) is 0. The SMILES string of the molecule is CCOc1cccc(C(=O)Nc2cccc(C(=O)N3CCOCC3)c2)c1. The van der Waals surface area contributed by atoms with Crippen LogP contribution in [-0.4, -0.2) is 49.6 Å². The Kier molecular flexibility index (Phi) is 5.86. The van der Waals surface area contributed by atoms with Gasteiger partial charge in [0.15, 0.2) is 0 Å². The predicted molar refractivity (Wildman–Crippen MR) is 98.7 cm³/mol. The van der Waals surface area contributed by atoms with Crippen LogP contribution >= 0.6 is 0 Å². The van der Waals surface area contributed by atoms with Gasteiger partial charge in [-0.05, 0) is 43.3 Å². The predicted octanol–water partition coefficient (Wildman–Crippen LogP) is 2.81. The van der Waals surface area contributed by atoms with Gasteiger partial charge in [-0.1, -0.05) is 12.1 Å². The van der Waals surface area contributed by atoms with Gasteiger partial charge in [-0.15, -0.1) is 0 Å². The van der Waals surface area contributed by atoms with Crippen molar-refractivity contribution >= 4 is 17.5 Å². The molecule has 0 unspecified atom stereocenters. The number of carbonyl (C=O) groups is 2. The fourth-order valence-corrected chi connectivity index (χ4v) is 2.78. The first-order valence-corrected chi connectivity index (χ1v) is 8.68. The molecule has 6 heteroatoms. The van der Waals surface area contributed by atoms with Crippen LogP contribution in [0.1, 0.15) is 27.6 Å². The van der Waals surface area contributed by atoms with E-state index < -0.39 is 0 Å². The molecular formula is C20H22N2O4. The summed E-state index contributed by atoms with van der Waals surface area (Å²) in [7, 11) is 0. The van der Waals surface area contributed by atoms with Crippen molar-refractivity contribution in [2.45, 2.75) is 6.92 Å². The van der Waals surface area contributed by atoms with E-state index in [1.807, 2.05) is 13.0 Å². The highest BCUT2D eigenvalue weighted by Crippen LogP contribution is 2.17. The Morgan fingerprint density at radius 3 is 2.58 bits per heavy atom. The Hall–Kier alpha value is -2.86. The number of ether oxygens (including phenoxy) is 2. The highest BCUT2D eigenvalue weighted by atomic mass is 16.5. The van der Waals surface area contributed by atoms with Crippen LogP contribution in [-0.2, 0) is 4.74 Å². The standard InChI is InChI=1S/C20H22N2O4/c1-2-26-18-8-4-5-15(14-18)19(23)21-17-7-3-6-16(13-17)20(24)22-9-11-25-12-10-22/h3-8,13-14H,2,9-12H2,1H3,(H,21,23). The maximum absolute atomic E-state index is 12.6. The number of rotatable bonds is 5. The van der Waals surface area contributed by atoms with E-state index in [2.05, 4.69) is 5.32 Å². The van der Waals surface area contributed by atoms with Crippen molar-refractivity contribution in [2.24, 2.45) is 0 Å². The first kappa shape index (κ1) is 17.9. The number of anilines is 1. The molecule has 0 atom stereocenters. The van der Waals surface area contributed by atoms with E-state index in [-0.39, 0.29) is 11.8 Å². The second-order valence-corrected chi connectivity index (χ2v) is 5.90. The van der Waals surface area contributed by atoms with Gasteiger partial charge in [0, 0.05) is 29.9 Å². The Morgan fingerprint density at radius 2 is 1.81 bits per heavy atom. The summed E-state index contributed by atoms with van der Waals surface area (Å²) < 4.78 is 10.7. The van der Waals surface area contributed by atoms with Gasteiger partial charge >= 0.3 is 0 Å². The maximum atomic E-state index is 12.6. The fourth-order valence-electron chi connectivity index (χ4n) is 2.78. The average Bonchev–Trinajstić information content (AvgIpc) is 2.69. The third-order valence-corrected chi connectivity index (χ3v) is 4.07. The molecule has 2 aromatic rings. The second kappa shape index (κ2) is 8.49. The molecule has 0 aromatic heterocycles. The Bertz CT molecular complexity index is 785. The van der Waals surface area contributed by atoms with Crippen molar-refractivity contribution in [1.29, 1.82) is 0 Å². The van der Waals surface area contributed by atoms with Gasteiger partial charge in [0.05, 0.1) is 19.8 Å². The van der Waals surface area contributed by atoms with Crippen LogP contribution in [0.5, 0.6) is 5.75 Å². The van der Waals surface area contributed by atoms with Gasteiger partial charge in [0.25, 0.3) is 11.8 Å². The van der Waals surface area contributed by atoms with E-state index in [9.17, 15) is 9.59 Å². The lowest BCUT2D eigenvalue weighted by atomic mass is 10.1. The third-order valence-electron chi connectivity index (χ3n) is 4.07. The molecule has 1 N–H and O–H groups in total. The van der Waals surface area contributed by atoms with Crippen molar-refractivity contribution in [3.8, 4) is 5.75 Å². The smallest absolute Gasteiger partial charge is 0.255 e. The van der Waals surface area contributed by atoms with E-state index in [0.29, 0.717) is 55.5 Å². The minimum Gasteiger partial charge on any atom is -0.494 e. The molecule has 26 heavy (non-hydrogen) atoms. The Balaban J connectivity index is 1.71. The number of benzene rings is 2. The van der Waals surface area contributed by atoms with Crippen molar-refractivity contribution in [3.05, 3.63) is 59.7 Å². The zero-order chi connectivity index (χ0) is 18.4. The second-order valence-electron chi connectivity index (χ2n) is 5.90. The van der Waals surface area contributed by atoms with Gasteiger partial charge in [0.1, 0.15) is 5.75 Å². The summed E-state index contributed by atoms with van der Waals surface area (Å²) in [6, 6.07) is 14.0. The molecule has 0 radical (unpaired) electrons. The van der Waals surface area contributed by atoms with Crippen molar-refractivity contribution in [2.75, 3.05) is 38.2 Å². The molecule has 6 nitrogen and oxygen atoms in total. The molecule has 136 valence electrons. The summed E-state index contributed by atoms with van der Waals surface area (Å²) >= 11 is 0. The minimum atomic E-state index is -0.248. The van der Waals surface area contributed by atoms with E-state index in [1.54, 1.807) is 47.4 Å². The minimum absolute atomic E-state index is 0.0530. The summed E-state index contributed by atoms with van der Waals surface area (Å²) in [4.78, 5) is 26.8. The summed E-state index contributed by atoms with van der Waals surface area (Å²) in [5, 5.41) is 2.84. The quantitative estimate of drug-likeness (QED) is 0.897. The molecule has 0 spiro atoms. The average molecular weight is 354 g/mol. The van der Waals surface area contributed by atoms with Crippen LogP contribution in [0.3, 0.4) is 0 Å². The van der Waals surface area contributed by atoms with Crippen LogP contribution in [0.25, 0.3) is 0 Å². The van der Waals surface area contributed by atoms with E-state index >= 15 is 0 Å². The van der Waals surface area contributed by atoms with E-state index in [4.69, 9.17) is 9.47 Å². The monoisotopic (exact) mass is 354 g/mol. The fraction of sp³-hybridized carbons (Fsp3) is 0.300. The molecule has 1 heterocycles. The maximum Gasteiger partial charge on any atom is 0.255 e. The first-order valence-electron chi connectivity index (χ1n) is 8.68. The largest absolute Gasteiger partial charge is 0.494 e. The highest BCUT2D eigenvalue weighted by molar-refractivity contribution is 6.05. The highest BCUT2D eigenvalue weighted by Gasteiger charge is 2.19. The van der Waals surface area contributed by atoms with E-state index in [1.165, 1.54) is 0 Å². The molecule has 1 aliphatic heterocycles. The lowest BCUT2D eigenvalue weighted by molar-refractivity contribution is 0.0303. The van der Waals surface area contributed by atoms with Gasteiger partial charge in [-0.3, -0.25) is 9.59 Å². The van der Waals surface area contributed by atoms with Crippen molar-refractivity contribution < 1.29 is 19.1 Å². The normalized spacial score (nSPS) is 14.0. The van der Waals surface area contributed by atoms with Gasteiger partial charge in [0.2, 0.25) is 0 Å². The first-order chi connectivity index (χ1) is 12.7. The summed E-state index contributed by atoms with van der Waals surface area (Å²) in [5.74, 6) is 0.349. The molecule has 3 rings (SSSR count). The molecule has 0 saturated carbocycles. The zero-order valence-corrected chi connectivity index (χ0v) is 14.7. The van der Waals surface area contributed by atoms with Crippen LogP contribution in [0, 0.1) is 0 Å². The number of hydrogen-bond acceptors (Lipinski definition) is 4.